The Labute approximate surface area is 170 Å². The van der Waals surface area contributed by atoms with Gasteiger partial charge in [-0.2, -0.15) is 0 Å². The highest BCUT2D eigenvalue weighted by Gasteiger charge is 2.37. The fourth-order valence-electron chi connectivity index (χ4n) is 3.90. The van der Waals surface area contributed by atoms with Gasteiger partial charge in [-0.3, -0.25) is 0 Å². The number of rotatable bonds is 6. The monoisotopic (exact) mass is 385 g/mol. The van der Waals surface area contributed by atoms with E-state index in [1.54, 1.807) is 0 Å². The van der Waals surface area contributed by atoms with Gasteiger partial charge in [-0.25, -0.2) is 0 Å². The Morgan fingerprint density at radius 1 is 0.828 bits per heavy atom. The third-order valence-electron chi connectivity index (χ3n) is 5.34. The second-order valence-corrected chi connectivity index (χ2v) is 7.13. The van der Waals surface area contributed by atoms with E-state index in [0.29, 0.717) is 26.2 Å². The largest absolute Gasteiger partial charge is 0.376 e. The van der Waals surface area contributed by atoms with Crippen molar-refractivity contribution in [2.45, 2.75) is 18.1 Å². The minimum Gasteiger partial charge on any atom is -0.376 e. The zero-order valence-corrected chi connectivity index (χ0v) is 16.1. The number of azide groups is 1. The molecule has 0 bridgehead atoms. The van der Waals surface area contributed by atoms with Gasteiger partial charge in [0.25, 0.3) is 0 Å². The maximum atomic E-state index is 9.47. The van der Waals surface area contributed by atoms with E-state index in [1.807, 2.05) is 60.7 Å². The first-order chi connectivity index (χ1) is 14.3. The summed E-state index contributed by atoms with van der Waals surface area (Å²) < 4.78 is 11.5. The summed E-state index contributed by atoms with van der Waals surface area (Å²) in [4.78, 5) is 3.24. The van der Waals surface area contributed by atoms with E-state index in [0.717, 1.165) is 22.3 Å². The van der Waals surface area contributed by atoms with Crippen molar-refractivity contribution in [1.82, 2.24) is 0 Å². The molecule has 1 heterocycles. The molecule has 1 aliphatic heterocycles. The molecule has 1 saturated heterocycles. The van der Waals surface area contributed by atoms with Crippen molar-refractivity contribution in [3.8, 4) is 11.1 Å². The number of hydrogen-bond donors (Lipinski definition) is 0. The van der Waals surface area contributed by atoms with E-state index in [1.165, 1.54) is 0 Å². The SMILES string of the molecule is [N-]=[N+]=NC(CC1COCCO1)(c1ccccc1)c1ccc(-c2ccccc2)cc1. The number of nitrogens with zero attached hydrogens (tertiary/aromatic N) is 3. The van der Waals surface area contributed by atoms with Gasteiger partial charge in [-0.1, -0.05) is 90.0 Å². The van der Waals surface area contributed by atoms with Crippen LogP contribution in [-0.4, -0.2) is 25.9 Å². The average Bonchev–Trinajstić information content (AvgIpc) is 2.81. The molecule has 0 amide bonds. The molecule has 146 valence electrons. The van der Waals surface area contributed by atoms with Gasteiger partial charge in [-0.15, -0.1) is 0 Å². The molecule has 0 N–H and O–H groups in total. The van der Waals surface area contributed by atoms with E-state index in [-0.39, 0.29) is 6.10 Å². The van der Waals surface area contributed by atoms with E-state index < -0.39 is 5.54 Å². The van der Waals surface area contributed by atoms with E-state index in [2.05, 4.69) is 34.3 Å². The normalized spacial score (nSPS) is 18.4. The molecule has 2 atom stereocenters. The van der Waals surface area contributed by atoms with Gasteiger partial charge in [0.1, 0.15) is 5.54 Å². The highest BCUT2D eigenvalue weighted by atomic mass is 16.6. The average molecular weight is 385 g/mol. The van der Waals surface area contributed by atoms with Gasteiger partial charge >= 0.3 is 0 Å². The second-order valence-electron chi connectivity index (χ2n) is 7.13. The van der Waals surface area contributed by atoms with Crippen LogP contribution in [0.2, 0.25) is 0 Å². The van der Waals surface area contributed by atoms with Gasteiger partial charge in [0, 0.05) is 4.91 Å². The van der Waals surface area contributed by atoms with Crippen molar-refractivity contribution >= 4 is 0 Å². The van der Waals surface area contributed by atoms with E-state index >= 15 is 0 Å². The summed E-state index contributed by atoms with van der Waals surface area (Å²) in [5.41, 5.74) is 12.8. The van der Waals surface area contributed by atoms with Crippen LogP contribution in [0.4, 0.5) is 0 Å². The summed E-state index contributed by atoms with van der Waals surface area (Å²) in [6.45, 7) is 1.65. The van der Waals surface area contributed by atoms with Crippen molar-refractivity contribution < 1.29 is 9.47 Å². The first kappa shape index (κ1) is 19.2. The molecular formula is C24H23N3O2. The summed E-state index contributed by atoms with van der Waals surface area (Å²) in [7, 11) is 0. The molecule has 3 aromatic rings. The molecule has 1 aliphatic rings. The molecule has 0 saturated carbocycles. The van der Waals surface area contributed by atoms with Crippen molar-refractivity contribution in [2.75, 3.05) is 19.8 Å². The molecule has 0 aromatic heterocycles. The molecule has 5 heteroatoms. The summed E-state index contributed by atoms with van der Waals surface area (Å²) in [5, 5.41) is 4.34. The molecule has 0 aliphatic carbocycles. The quantitative estimate of drug-likeness (QED) is 0.310. The van der Waals surface area contributed by atoms with E-state index in [4.69, 9.17) is 9.47 Å². The molecule has 4 rings (SSSR count). The predicted molar refractivity (Wildman–Crippen MR) is 113 cm³/mol. The summed E-state index contributed by atoms with van der Waals surface area (Å²) in [5.74, 6) is 0. The highest BCUT2D eigenvalue weighted by molar-refractivity contribution is 5.64. The van der Waals surface area contributed by atoms with E-state index in [9.17, 15) is 5.53 Å². The van der Waals surface area contributed by atoms with Gasteiger partial charge < -0.3 is 9.47 Å². The van der Waals surface area contributed by atoms with Crippen molar-refractivity contribution in [3.63, 3.8) is 0 Å². The lowest BCUT2D eigenvalue weighted by molar-refractivity contribution is -0.0960. The van der Waals surface area contributed by atoms with Gasteiger partial charge in [0.2, 0.25) is 0 Å². The van der Waals surface area contributed by atoms with Crippen molar-refractivity contribution in [2.24, 2.45) is 5.11 Å². The fourth-order valence-corrected chi connectivity index (χ4v) is 3.90. The van der Waals surface area contributed by atoms with Crippen LogP contribution in [0.15, 0.2) is 90.0 Å². The third-order valence-corrected chi connectivity index (χ3v) is 5.34. The predicted octanol–water partition coefficient (Wildman–Crippen LogP) is 5.71. The fraction of sp³-hybridized carbons (Fsp3) is 0.250. The molecule has 1 fully saturated rings. The van der Waals surface area contributed by atoms with Gasteiger partial charge in [-0.05, 0) is 34.2 Å². The molecular weight excluding hydrogens is 362 g/mol. The Bertz CT molecular complexity index is 964. The number of hydrogen-bond acceptors (Lipinski definition) is 3. The zero-order chi connectivity index (χ0) is 19.9. The molecule has 5 nitrogen and oxygen atoms in total. The lowest BCUT2D eigenvalue weighted by Crippen LogP contribution is -2.37. The van der Waals surface area contributed by atoms with Crippen LogP contribution in [-0.2, 0) is 15.0 Å². The zero-order valence-electron chi connectivity index (χ0n) is 16.1. The van der Waals surface area contributed by atoms with Crippen molar-refractivity contribution in [1.29, 1.82) is 0 Å². The van der Waals surface area contributed by atoms with Gasteiger partial charge in [0.05, 0.1) is 25.9 Å². The van der Waals surface area contributed by atoms with Crippen LogP contribution in [0.3, 0.4) is 0 Å². The smallest absolute Gasteiger partial charge is 0.101 e. The lowest BCUT2D eigenvalue weighted by Gasteiger charge is -2.35. The van der Waals surface area contributed by atoms with Crippen LogP contribution < -0.4 is 0 Å². The molecule has 2 unspecified atom stereocenters. The Balaban J connectivity index is 1.77. The summed E-state index contributed by atoms with van der Waals surface area (Å²) in [6, 6.07) is 28.4. The summed E-state index contributed by atoms with van der Waals surface area (Å²) in [6.07, 6.45) is 0.384. The highest BCUT2D eigenvalue weighted by Crippen LogP contribution is 2.40. The minimum atomic E-state index is -0.864. The van der Waals surface area contributed by atoms with Gasteiger partial charge in [0.15, 0.2) is 0 Å². The lowest BCUT2D eigenvalue weighted by atomic mass is 9.78. The maximum Gasteiger partial charge on any atom is 0.101 e. The third kappa shape index (κ3) is 4.17. The van der Waals surface area contributed by atoms with Crippen LogP contribution in [0.25, 0.3) is 21.6 Å². The molecule has 29 heavy (non-hydrogen) atoms. The van der Waals surface area contributed by atoms with Crippen LogP contribution in [0, 0.1) is 0 Å². The Morgan fingerprint density at radius 2 is 1.45 bits per heavy atom. The van der Waals surface area contributed by atoms with Crippen LogP contribution >= 0.6 is 0 Å². The standard InChI is InChI=1S/C24H23N3O2/c25-27-26-24(21-9-5-2-6-10-21,17-23-18-28-15-16-29-23)22-13-11-20(12-14-22)19-7-3-1-4-8-19/h1-14,23H,15-18H2. The first-order valence-corrected chi connectivity index (χ1v) is 9.79. The molecule has 0 radical (unpaired) electrons. The van der Waals surface area contributed by atoms with Crippen molar-refractivity contribution in [3.05, 3.63) is 106 Å². The van der Waals surface area contributed by atoms with Crippen LogP contribution in [0.5, 0.6) is 0 Å². The second kappa shape index (κ2) is 8.93. The summed E-state index contributed by atoms with van der Waals surface area (Å²) >= 11 is 0. The molecule has 3 aromatic carbocycles. The molecule has 0 spiro atoms. The first-order valence-electron chi connectivity index (χ1n) is 9.79. The Hall–Kier alpha value is -3.11. The number of ether oxygens (including phenoxy) is 2. The van der Waals surface area contributed by atoms with Crippen LogP contribution in [0.1, 0.15) is 17.5 Å². The topological polar surface area (TPSA) is 67.2 Å². The maximum absolute atomic E-state index is 9.47. The Morgan fingerprint density at radius 3 is 2.07 bits per heavy atom. The Kier molecular flexibility index (Phi) is 5.92. The number of benzene rings is 3. The minimum absolute atomic E-state index is 0.136.